The van der Waals surface area contributed by atoms with Crippen molar-refractivity contribution in [2.75, 3.05) is 5.73 Å². The molecule has 7 heteroatoms. The highest BCUT2D eigenvalue weighted by Crippen LogP contribution is 2.36. The molecule has 0 radical (unpaired) electrons. The van der Waals surface area contributed by atoms with Gasteiger partial charge in [-0.15, -0.1) is 0 Å². The summed E-state index contributed by atoms with van der Waals surface area (Å²) < 4.78 is 5.50. The number of hydrogen-bond donors (Lipinski definition) is 2. The predicted molar refractivity (Wildman–Crippen MR) is 79.4 cm³/mol. The van der Waals surface area contributed by atoms with Gasteiger partial charge in [0.1, 0.15) is 11.5 Å². The molecule has 2 rings (SSSR count). The fourth-order valence-corrected chi connectivity index (χ4v) is 2.07. The fourth-order valence-electron chi connectivity index (χ4n) is 1.49. The second-order valence-corrected chi connectivity index (χ2v) is 5.07. The zero-order chi connectivity index (χ0) is 14.9. The molecule has 0 saturated heterocycles. The van der Waals surface area contributed by atoms with Gasteiger partial charge < -0.3 is 15.6 Å². The fraction of sp³-hybridized carbons (Fsp3) is 0. The van der Waals surface area contributed by atoms with Crippen molar-refractivity contribution in [2.45, 2.75) is 0 Å². The van der Waals surface area contributed by atoms with Gasteiger partial charge in [-0.2, -0.15) is 0 Å². The van der Waals surface area contributed by atoms with Gasteiger partial charge in [0, 0.05) is 11.8 Å². The van der Waals surface area contributed by atoms with E-state index in [1.165, 1.54) is 30.3 Å². The smallest absolute Gasteiger partial charge is 0.337 e. The van der Waals surface area contributed by atoms with Crippen molar-refractivity contribution in [3.8, 4) is 11.5 Å². The molecule has 2 aromatic carbocycles. The van der Waals surface area contributed by atoms with Crippen molar-refractivity contribution in [2.24, 2.45) is 0 Å². The molecule has 0 fully saturated rings. The average molecular weight is 333 g/mol. The third kappa shape index (κ3) is 3.10. The Balaban J connectivity index is 2.38. The van der Waals surface area contributed by atoms with Crippen LogP contribution in [0, 0.1) is 0 Å². The minimum atomic E-state index is -1.15. The number of ether oxygens (including phenoxy) is 1. The second-order valence-electron chi connectivity index (χ2n) is 3.85. The van der Waals surface area contributed by atoms with Crippen molar-refractivity contribution in [1.29, 1.82) is 0 Å². The van der Waals surface area contributed by atoms with Crippen molar-refractivity contribution >= 4 is 46.5 Å². The highest BCUT2D eigenvalue weighted by molar-refractivity contribution is 6.43. The first-order chi connectivity index (χ1) is 9.38. The van der Waals surface area contributed by atoms with Crippen LogP contribution in [0.5, 0.6) is 11.5 Å². The molecule has 0 heterocycles. The summed E-state index contributed by atoms with van der Waals surface area (Å²) in [5.74, 6) is -0.604. The van der Waals surface area contributed by atoms with E-state index in [1.54, 1.807) is 0 Å². The number of carboxylic acid groups (broad SMARTS) is 1. The molecule has 0 aromatic heterocycles. The van der Waals surface area contributed by atoms with Crippen LogP contribution in [0.15, 0.2) is 30.3 Å². The number of hydrogen-bond acceptors (Lipinski definition) is 3. The first-order valence-electron chi connectivity index (χ1n) is 5.33. The average Bonchev–Trinajstić information content (AvgIpc) is 2.37. The molecular weight excluding hydrogens is 325 g/mol. The number of halogens is 3. The van der Waals surface area contributed by atoms with Gasteiger partial charge in [-0.1, -0.05) is 34.8 Å². The van der Waals surface area contributed by atoms with E-state index in [2.05, 4.69) is 0 Å². The van der Waals surface area contributed by atoms with Crippen LogP contribution in [0.4, 0.5) is 5.69 Å². The first kappa shape index (κ1) is 14.8. The Kier molecular flexibility index (Phi) is 4.28. The molecule has 0 aliphatic rings. The van der Waals surface area contributed by atoms with Gasteiger partial charge in [0.05, 0.1) is 20.6 Å². The molecule has 2 aromatic rings. The highest BCUT2D eigenvalue weighted by Gasteiger charge is 2.12. The van der Waals surface area contributed by atoms with Crippen molar-refractivity contribution in [1.82, 2.24) is 0 Å². The lowest BCUT2D eigenvalue weighted by Gasteiger charge is -2.10. The first-order valence-corrected chi connectivity index (χ1v) is 6.47. The van der Waals surface area contributed by atoms with E-state index in [-0.39, 0.29) is 32.8 Å². The number of anilines is 1. The summed E-state index contributed by atoms with van der Waals surface area (Å²) in [5.41, 5.74) is 5.64. The largest absolute Gasteiger partial charge is 0.478 e. The van der Waals surface area contributed by atoms with Crippen LogP contribution in [0.3, 0.4) is 0 Å². The monoisotopic (exact) mass is 331 g/mol. The van der Waals surface area contributed by atoms with E-state index >= 15 is 0 Å². The van der Waals surface area contributed by atoms with Crippen LogP contribution in [0.25, 0.3) is 0 Å². The third-order valence-electron chi connectivity index (χ3n) is 2.46. The number of benzene rings is 2. The van der Waals surface area contributed by atoms with Crippen LogP contribution >= 0.6 is 34.8 Å². The Hall–Kier alpha value is -1.62. The molecule has 0 saturated carbocycles. The van der Waals surface area contributed by atoms with Gasteiger partial charge in [0.15, 0.2) is 0 Å². The Labute approximate surface area is 129 Å². The van der Waals surface area contributed by atoms with Crippen molar-refractivity contribution in [3.05, 3.63) is 51.0 Å². The van der Waals surface area contributed by atoms with Crippen LogP contribution < -0.4 is 10.5 Å². The maximum atomic E-state index is 11.0. The van der Waals surface area contributed by atoms with E-state index in [0.29, 0.717) is 5.02 Å². The number of carboxylic acids is 1. The van der Waals surface area contributed by atoms with Crippen LogP contribution in [0.2, 0.25) is 15.1 Å². The Morgan fingerprint density at radius 1 is 1.05 bits per heavy atom. The van der Waals surface area contributed by atoms with E-state index in [1.807, 2.05) is 0 Å². The van der Waals surface area contributed by atoms with Crippen LogP contribution in [0.1, 0.15) is 10.4 Å². The minimum Gasteiger partial charge on any atom is -0.478 e. The molecule has 20 heavy (non-hydrogen) atoms. The maximum Gasteiger partial charge on any atom is 0.337 e. The second kappa shape index (κ2) is 5.79. The van der Waals surface area contributed by atoms with Gasteiger partial charge in [-0.3, -0.25) is 0 Å². The zero-order valence-corrected chi connectivity index (χ0v) is 12.1. The summed E-state index contributed by atoms with van der Waals surface area (Å²) in [6.07, 6.45) is 0. The predicted octanol–water partition coefficient (Wildman–Crippen LogP) is 4.72. The number of aromatic carboxylic acids is 1. The molecule has 0 spiro atoms. The van der Waals surface area contributed by atoms with E-state index < -0.39 is 5.97 Å². The Bertz CT molecular complexity index is 689. The molecule has 4 nitrogen and oxygen atoms in total. The molecular formula is C13H8Cl3NO3. The molecule has 0 unspecified atom stereocenters. The van der Waals surface area contributed by atoms with Gasteiger partial charge in [-0.05, 0) is 24.3 Å². The summed E-state index contributed by atoms with van der Waals surface area (Å²) >= 11 is 17.7. The zero-order valence-electron chi connectivity index (χ0n) is 9.86. The minimum absolute atomic E-state index is 0.0568. The number of nitrogen functional groups attached to an aromatic ring is 1. The summed E-state index contributed by atoms with van der Waals surface area (Å²) in [4.78, 5) is 11.0. The lowest BCUT2D eigenvalue weighted by molar-refractivity contribution is 0.0697. The molecule has 104 valence electrons. The van der Waals surface area contributed by atoms with Gasteiger partial charge in [-0.25, -0.2) is 4.79 Å². The van der Waals surface area contributed by atoms with Gasteiger partial charge in [0.2, 0.25) is 0 Å². The molecule has 0 aliphatic heterocycles. The van der Waals surface area contributed by atoms with E-state index in [4.69, 9.17) is 50.4 Å². The SMILES string of the molecule is Nc1ccc(Oc2cc(Cl)c(Cl)cc2Cl)cc1C(=O)O. The summed E-state index contributed by atoms with van der Waals surface area (Å²) in [5, 5.41) is 9.83. The maximum absolute atomic E-state index is 11.0. The molecule has 0 atom stereocenters. The third-order valence-corrected chi connectivity index (χ3v) is 3.48. The number of rotatable bonds is 3. The quantitative estimate of drug-likeness (QED) is 0.630. The Morgan fingerprint density at radius 3 is 2.35 bits per heavy atom. The number of carbonyl (C=O) groups is 1. The van der Waals surface area contributed by atoms with E-state index in [0.717, 1.165) is 0 Å². The molecule has 0 aliphatic carbocycles. The topological polar surface area (TPSA) is 72.5 Å². The number of nitrogens with two attached hydrogens (primary N) is 1. The van der Waals surface area contributed by atoms with Gasteiger partial charge in [0.25, 0.3) is 0 Å². The highest BCUT2D eigenvalue weighted by atomic mass is 35.5. The summed E-state index contributed by atoms with van der Waals surface area (Å²) in [6.45, 7) is 0. The van der Waals surface area contributed by atoms with Crippen molar-refractivity contribution in [3.63, 3.8) is 0 Å². The van der Waals surface area contributed by atoms with E-state index in [9.17, 15) is 4.79 Å². The molecule has 0 bridgehead atoms. The summed E-state index contributed by atoms with van der Waals surface area (Å²) in [6, 6.07) is 7.15. The normalized spacial score (nSPS) is 10.3. The lowest BCUT2D eigenvalue weighted by Crippen LogP contribution is -2.02. The molecule has 3 N–H and O–H groups in total. The van der Waals surface area contributed by atoms with Crippen LogP contribution in [-0.4, -0.2) is 11.1 Å². The molecule has 0 amide bonds. The standard InChI is InChI=1S/C13H8Cl3NO3/c14-8-4-10(16)12(5-9(8)15)20-6-1-2-11(17)7(3-6)13(18)19/h1-5H,17H2,(H,18,19). The van der Waals surface area contributed by atoms with Crippen LogP contribution in [-0.2, 0) is 0 Å². The lowest BCUT2D eigenvalue weighted by atomic mass is 10.2. The van der Waals surface area contributed by atoms with Gasteiger partial charge >= 0.3 is 5.97 Å². The Morgan fingerprint density at radius 2 is 1.70 bits per heavy atom. The summed E-state index contributed by atoms with van der Waals surface area (Å²) in [7, 11) is 0. The van der Waals surface area contributed by atoms with Crippen molar-refractivity contribution < 1.29 is 14.6 Å².